The molecule has 1 amide bonds. The van der Waals surface area contributed by atoms with Crippen molar-refractivity contribution in [2.45, 2.75) is 23.8 Å². The van der Waals surface area contributed by atoms with Crippen molar-refractivity contribution in [3.05, 3.63) is 65.2 Å². The molecule has 2 aromatic rings. The number of rotatable bonds is 5. The molecular formula is C19H18N2O3S. The molecule has 1 aliphatic rings. The number of sulfonamides is 1. The molecule has 25 heavy (non-hydrogen) atoms. The van der Waals surface area contributed by atoms with Gasteiger partial charge >= 0.3 is 0 Å². The van der Waals surface area contributed by atoms with E-state index in [1.165, 1.54) is 29.8 Å². The minimum absolute atomic E-state index is 0.00981. The summed E-state index contributed by atoms with van der Waals surface area (Å²) in [6.07, 6.45) is 6.87. The highest BCUT2D eigenvalue weighted by atomic mass is 32.2. The number of terminal acetylenes is 1. The van der Waals surface area contributed by atoms with Gasteiger partial charge in [-0.2, -0.15) is 4.72 Å². The molecule has 3 rings (SSSR count). The summed E-state index contributed by atoms with van der Waals surface area (Å²) in [5.74, 6) is 2.00. The monoisotopic (exact) mass is 354 g/mol. The van der Waals surface area contributed by atoms with E-state index in [9.17, 15) is 13.2 Å². The zero-order valence-electron chi connectivity index (χ0n) is 13.5. The molecule has 2 N–H and O–H groups in total. The Morgan fingerprint density at radius 3 is 2.60 bits per heavy atom. The Balaban J connectivity index is 1.71. The highest BCUT2D eigenvalue weighted by molar-refractivity contribution is 7.89. The van der Waals surface area contributed by atoms with E-state index in [1.54, 1.807) is 0 Å². The average molecular weight is 354 g/mol. The van der Waals surface area contributed by atoms with Crippen LogP contribution in [0.15, 0.2) is 53.4 Å². The third-order valence-corrected chi connectivity index (χ3v) is 5.65. The molecule has 1 atom stereocenters. The van der Waals surface area contributed by atoms with Crippen LogP contribution in [0, 0.1) is 12.3 Å². The average Bonchev–Trinajstić information content (AvgIpc) is 3.03. The van der Waals surface area contributed by atoms with Gasteiger partial charge in [-0.05, 0) is 48.2 Å². The van der Waals surface area contributed by atoms with Gasteiger partial charge in [0.05, 0.1) is 17.5 Å². The van der Waals surface area contributed by atoms with Crippen LogP contribution in [-0.4, -0.2) is 20.9 Å². The summed E-state index contributed by atoms with van der Waals surface area (Å²) in [7, 11) is -3.65. The maximum absolute atomic E-state index is 12.4. The van der Waals surface area contributed by atoms with Gasteiger partial charge in [0.1, 0.15) is 0 Å². The van der Waals surface area contributed by atoms with Crippen LogP contribution in [0.3, 0.4) is 0 Å². The first kappa shape index (κ1) is 17.2. The molecule has 0 bridgehead atoms. The largest absolute Gasteiger partial charge is 0.345 e. The third kappa shape index (κ3) is 3.73. The molecule has 0 spiro atoms. The van der Waals surface area contributed by atoms with Gasteiger partial charge in [0.15, 0.2) is 0 Å². The number of amides is 1. The zero-order chi connectivity index (χ0) is 17.9. The maximum Gasteiger partial charge on any atom is 0.251 e. The van der Waals surface area contributed by atoms with Gasteiger partial charge in [-0.3, -0.25) is 4.79 Å². The quantitative estimate of drug-likeness (QED) is 0.807. The zero-order valence-corrected chi connectivity index (χ0v) is 14.3. The van der Waals surface area contributed by atoms with Crippen LogP contribution in [0.5, 0.6) is 0 Å². The first-order chi connectivity index (χ1) is 12.0. The predicted octanol–water partition coefficient (Wildman–Crippen LogP) is 2.02. The van der Waals surface area contributed by atoms with Crippen LogP contribution in [0.25, 0.3) is 0 Å². The molecule has 0 aromatic heterocycles. The van der Waals surface area contributed by atoms with Gasteiger partial charge in [-0.1, -0.05) is 30.2 Å². The lowest BCUT2D eigenvalue weighted by atomic mass is 10.1. The number of benzene rings is 2. The molecule has 2 aromatic carbocycles. The van der Waals surface area contributed by atoms with E-state index in [4.69, 9.17) is 6.42 Å². The van der Waals surface area contributed by atoms with Crippen molar-refractivity contribution in [3.63, 3.8) is 0 Å². The van der Waals surface area contributed by atoms with Gasteiger partial charge in [0.25, 0.3) is 5.91 Å². The molecule has 1 unspecified atom stereocenters. The lowest BCUT2D eigenvalue weighted by Gasteiger charge is -2.14. The number of nitrogens with one attached hydrogen (secondary N) is 2. The van der Waals surface area contributed by atoms with E-state index in [2.05, 4.69) is 22.0 Å². The van der Waals surface area contributed by atoms with Gasteiger partial charge in [0, 0.05) is 5.56 Å². The Labute approximate surface area is 147 Å². The molecule has 0 saturated carbocycles. The van der Waals surface area contributed by atoms with E-state index in [0.717, 1.165) is 18.4 Å². The first-order valence-corrected chi connectivity index (χ1v) is 9.41. The smallest absolute Gasteiger partial charge is 0.251 e. The molecular weight excluding hydrogens is 336 g/mol. The minimum Gasteiger partial charge on any atom is -0.345 e. The Morgan fingerprint density at radius 1 is 1.16 bits per heavy atom. The topological polar surface area (TPSA) is 75.3 Å². The normalized spacial score (nSPS) is 16.0. The molecule has 1 aliphatic carbocycles. The highest BCUT2D eigenvalue weighted by Gasteiger charge is 2.24. The number of aryl methyl sites for hydroxylation is 1. The van der Waals surface area contributed by atoms with Crippen LogP contribution < -0.4 is 10.0 Å². The summed E-state index contributed by atoms with van der Waals surface area (Å²) in [5.41, 5.74) is 2.82. The molecule has 0 heterocycles. The van der Waals surface area contributed by atoms with Crippen molar-refractivity contribution in [2.75, 3.05) is 6.54 Å². The molecule has 0 radical (unpaired) electrons. The summed E-state index contributed by atoms with van der Waals surface area (Å²) < 4.78 is 26.2. The van der Waals surface area contributed by atoms with Gasteiger partial charge in [0.2, 0.25) is 10.0 Å². The van der Waals surface area contributed by atoms with Crippen LogP contribution >= 0.6 is 0 Å². The SMILES string of the molecule is C#CCNS(=O)(=O)c1ccc(C(=O)NC2CCc3ccccc32)cc1. The third-order valence-electron chi connectivity index (χ3n) is 4.23. The highest BCUT2D eigenvalue weighted by Crippen LogP contribution is 2.30. The fourth-order valence-electron chi connectivity index (χ4n) is 2.95. The summed E-state index contributed by atoms with van der Waals surface area (Å²) in [4.78, 5) is 12.5. The predicted molar refractivity (Wildman–Crippen MR) is 95.4 cm³/mol. The second kappa shape index (κ2) is 7.09. The number of carbonyl (C=O) groups excluding carboxylic acids is 1. The van der Waals surface area contributed by atoms with Crippen molar-refractivity contribution in [1.82, 2.24) is 10.0 Å². The van der Waals surface area contributed by atoms with Gasteiger partial charge in [-0.15, -0.1) is 6.42 Å². The number of carbonyl (C=O) groups is 1. The van der Waals surface area contributed by atoms with Crippen molar-refractivity contribution >= 4 is 15.9 Å². The minimum atomic E-state index is -3.65. The van der Waals surface area contributed by atoms with Crippen molar-refractivity contribution in [3.8, 4) is 12.3 Å². The molecule has 0 saturated heterocycles. The number of fused-ring (bicyclic) bond motifs is 1. The summed E-state index contributed by atoms with van der Waals surface area (Å²) >= 11 is 0. The Hall–Kier alpha value is -2.62. The fourth-order valence-corrected chi connectivity index (χ4v) is 3.89. The molecule has 128 valence electrons. The van der Waals surface area contributed by atoms with Crippen LogP contribution in [0.1, 0.15) is 33.9 Å². The van der Waals surface area contributed by atoms with E-state index >= 15 is 0 Å². The summed E-state index contributed by atoms with van der Waals surface area (Å²) in [5, 5.41) is 3.01. The Kier molecular flexibility index (Phi) is 4.88. The van der Waals surface area contributed by atoms with Gasteiger partial charge in [-0.25, -0.2) is 8.42 Å². The maximum atomic E-state index is 12.4. The standard InChI is InChI=1S/C19H18N2O3S/c1-2-13-20-25(23,24)16-10-7-15(8-11-16)19(22)21-18-12-9-14-5-3-4-6-17(14)18/h1,3-8,10-11,18,20H,9,12-13H2,(H,21,22). The molecule has 0 fully saturated rings. The van der Waals surface area contributed by atoms with E-state index < -0.39 is 10.0 Å². The Bertz CT molecular complexity index is 928. The fraction of sp³-hybridized carbons (Fsp3) is 0.211. The summed E-state index contributed by atoms with van der Waals surface area (Å²) in [6.45, 7) is -0.0777. The van der Waals surface area contributed by atoms with E-state index in [1.807, 2.05) is 18.2 Å². The second-order valence-electron chi connectivity index (χ2n) is 5.82. The van der Waals surface area contributed by atoms with Crippen LogP contribution in [0.4, 0.5) is 0 Å². The molecule has 5 nitrogen and oxygen atoms in total. The lowest BCUT2D eigenvalue weighted by Crippen LogP contribution is -2.27. The summed E-state index contributed by atoms with van der Waals surface area (Å²) in [6, 6.07) is 13.9. The van der Waals surface area contributed by atoms with E-state index in [0.29, 0.717) is 5.56 Å². The van der Waals surface area contributed by atoms with Gasteiger partial charge < -0.3 is 5.32 Å². The van der Waals surface area contributed by atoms with Crippen LogP contribution in [-0.2, 0) is 16.4 Å². The van der Waals surface area contributed by atoms with Crippen molar-refractivity contribution < 1.29 is 13.2 Å². The lowest BCUT2D eigenvalue weighted by molar-refractivity contribution is 0.0936. The second-order valence-corrected chi connectivity index (χ2v) is 7.58. The van der Waals surface area contributed by atoms with Crippen molar-refractivity contribution in [1.29, 1.82) is 0 Å². The number of hydrogen-bond acceptors (Lipinski definition) is 3. The number of hydrogen-bond donors (Lipinski definition) is 2. The first-order valence-electron chi connectivity index (χ1n) is 7.93. The van der Waals surface area contributed by atoms with Crippen molar-refractivity contribution in [2.24, 2.45) is 0 Å². The molecule has 6 heteroatoms. The molecule has 0 aliphatic heterocycles. The Morgan fingerprint density at radius 2 is 1.88 bits per heavy atom. The van der Waals surface area contributed by atoms with E-state index in [-0.39, 0.29) is 23.4 Å². The van der Waals surface area contributed by atoms with Crippen LogP contribution in [0.2, 0.25) is 0 Å².